The minimum absolute atomic E-state index is 0.136. The van der Waals surface area contributed by atoms with E-state index in [1.165, 1.54) is 6.92 Å². The van der Waals surface area contributed by atoms with Crippen molar-refractivity contribution in [3.05, 3.63) is 0 Å². The second-order valence-corrected chi connectivity index (χ2v) is 8.34. The largest absolute Gasteiger partial charge is 0.458 e. The number of hydrogen-bond donors (Lipinski definition) is 0. The summed E-state index contributed by atoms with van der Waals surface area (Å²) in [5, 5.41) is 0. The van der Waals surface area contributed by atoms with Crippen LogP contribution in [0.2, 0.25) is 0 Å². The summed E-state index contributed by atoms with van der Waals surface area (Å²) in [5.41, 5.74) is 0. The zero-order chi connectivity index (χ0) is 24.8. The summed E-state index contributed by atoms with van der Waals surface area (Å²) in [6, 6.07) is 0. The molecule has 0 aliphatic heterocycles. The summed E-state index contributed by atoms with van der Waals surface area (Å²) in [6.07, 6.45) is 6.90. The van der Waals surface area contributed by atoms with Crippen LogP contribution in [0.4, 0.5) is 0 Å². The number of rotatable bonds is 14. The fourth-order valence-corrected chi connectivity index (χ4v) is 3.74. The molecule has 0 bridgehead atoms. The molecule has 0 amide bonds. The third-order valence-electron chi connectivity index (χ3n) is 5.48. The zero-order valence-corrected chi connectivity index (χ0v) is 20.3. The lowest BCUT2D eigenvalue weighted by Crippen LogP contribution is -2.42. The fourth-order valence-electron chi connectivity index (χ4n) is 3.74. The Morgan fingerprint density at radius 1 is 0.818 bits per heavy atom. The van der Waals surface area contributed by atoms with Crippen molar-refractivity contribution in [3.8, 4) is 12.3 Å². The predicted octanol–water partition coefficient (Wildman–Crippen LogP) is 3.88. The van der Waals surface area contributed by atoms with Gasteiger partial charge in [-0.15, -0.1) is 6.42 Å². The van der Waals surface area contributed by atoms with Crippen LogP contribution in [0.5, 0.6) is 0 Å². The van der Waals surface area contributed by atoms with Crippen LogP contribution in [-0.2, 0) is 38.1 Å². The van der Waals surface area contributed by atoms with Gasteiger partial charge in [0.2, 0.25) is 0 Å². The van der Waals surface area contributed by atoms with E-state index in [9.17, 15) is 19.2 Å². The molecule has 0 aromatic carbocycles. The second-order valence-electron chi connectivity index (χ2n) is 8.34. The molecule has 1 rings (SSSR count). The first-order chi connectivity index (χ1) is 15.8. The monoisotopic (exact) mass is 466 g/mol. The van der Waals surface area contributed by atoms with Crippen molar-refractivity contribution in [3.63, 3.8) is 0 Å². The lowest BCUT2D eigenvalue weighted by Gasteiger charge is -2.28. The highest BCUT2D eigenvalue weighted by atomic mass is 16.6. The van der Waals surface area contributed by atoms with E-state index in [1.807, 2.05) is 20.8 Å². The van der Waals surface area contributed by atoms with Gasteiger partial charge in [-0.3, -0.25) is 19.2 Å². The molecule has 8 nitrogen and oxygen atoms in total. The molecular weight excluding hydrogens is 428 g/mol. The van der Waals surface area contributed by atoms with Gasteiger partial charge in [-0.25, -0.2) is 0 Å². The normalized spacial score (nSPS) is 22.6. The Morgan fingerprint density at radius 2 is 1.33 bits per heavy atom. The summed E-state index contributed by atoms with van der Waals surface area (Å²) in [5.74, 6) is -0.205. The van der Waals surface area contributed by atoms with E-state index in [1.54, 1.807) is 0 Å². The lowest BCUT2D eigenvalue weighted by atomic mass is 9.98. The predicted molar refractivity (Wildman–Crippen MR) is 121 cm³/mol. The number of carbonyl (C=O) groups is 4. The van der Waals surface area contributed by atoms with E-state index in [0.29, 0.717) is 19.3 Å². The molecule has 0 radical (unpaired) electrons. The molecule has 1 aliphatic carbocycles. The van der Waals surface area contributed by atoms with Gasteiger partial charge >= 0.3 is 23.9 Å². The summed E-state index contributed by atoms with van der Waals surface area (Å²) < 4.78 is 22.2. The third kappa shape index (κ3) is 9.85. The van der Waals surface area contributed by atoms with Crippen LogP contribution < -0.4 is 0 Å². The highest BCUT2D eigenvalue weighted by molar-refractivity contribution is 5.71. The smallest absolute Gasteiger partial charge is 0.307 e. The molecule has 0 aromatic heterocycles. The van der Waals surface area contributed by atoms with Crippen LogP contribution in [-0.4, -0.2) is 48.3 Å². The Balaban J connectivity index is 3.15. The van der Waals surface area contributed by atoms with E-state index in [2.05, 4.69) is 5.92 Å². The number of hydrogen-bond acceptors (Lipinski definition) is 8. The maximum atomic E-state index is 12.4. The standard InChI is InChI=1S/C25H38O8/c1-6-10-13-21(27)31-19(9-4)18-16-20(32-22(28)14-11-7-2)25(24(18)30-17(5)26)33-23(29)15-12-8-3/h4,18-20,24-25H,6-8,10-16H2,1-3,5H3/t18?,19-,20+,24+,25+/m0/s1. The Labute approximate surface area is 197 Å². The van der Waals surface area contributed by atoms with Gasteiger partial charge in [-0.2, -0.15) is 0 Å². The minimum Gasteiger partial charge on any atom is -0.458 e. The molecule has 0 heterocycles. The highest BCUT2D eigenvalue weighted by Crippen LogP contribution is 2.37. The van der Waals surface area contributed by atoms with Crippen LogP contribution >= 0.6 is 0 Å². The number of esters is 4. The summed E-state index contributed by atoms with van der Waals surface area (Å²) in [4.78, 5) is 48.8. The van der Waals surface area contributed by atoms with Gasteiger partial charge in [-0.1, -0.05) is 46.0 Å². The first-order valence-corrected chi connectivity index (χ1v) is 12.0. The summed E-state index contributed by atoms with van der Waals surface area (Å²) >= 11 is 0. The van der Waals surface area contributed by atoms with Crippen molar-refractivity contribution in [1.29, 1.82) is 0 Å². The molecule has 0 saturated heterocycles. The van der Waals surface area contributed by atoms with Gasteiger partial charge in [0.25, 0.3) is 0 Å². The maximum Gasteiger partial charge on any atom is 0.307 e. The molecule has 8 heteroatoms. The molecule has 0 spiro atoms. The van der Waals surface area contributed by atoms with Gasteiger partial charge < -0.3 is 18.9 Å². The molecule has 33 heavy (non-hydrogen) atoms. The van der Waals surface area contributed by atoms with Crippen LogP contribution in [0, 0.1) is 18.3 Å². The highest BCUT2D eigenvalue weighted by Gasteiger charge is 2.53. The minimum atomic E-state index is -1.03. The van der Waals surface area contributed by atoms with Crippen molar-refractivity contribution in [2.24, 2.45) is 5.92 Å². The van der Waals surface area contributed by atoms with E-state index in [0.717, 1.165) is 19.3 Å². The van der Waals surface area contributed by atoms with E-state index in [-0.39, 0.29) is 25.7 Å². The maximum absolute atomic E-state index is 12.4. The Hall–Kier alpha value is -2.56. The fraction of sp³-hybridized carbons (Fsp3) is 0.760. The number of carbonyl (C=O) groups excluding carboxylic acids is 4. The lowest BCUT2D eigenvalue weighted by molar-refractivity contribution is -0.179. The Kier molecular flexibility index (Phi) is 13.2. The van der Waals surface area contributed by atoms with E-state index >= 15 is 0 Å². The van der Waals surface area contributed by atoms with Gasteiger partial charge in [0.05, 0.1) is 5.92 Å². The molecule has 1 aliphatic rings. The number of terminal acetylenes is 1. The average molecular weight is 467 g/mol. The SMILES string of the molecule is C#C[C@H](OC(=O)CCCC)C1C[C@@H](OC(=O)CCCC)[C@@H](OC(=O)CCCC)[C@@H]1OC(C)=O. The average Bonchev–Trinajstić information content (AvgIpc) is 3.08. The first-order valence-electron chi connectivity index (χ1n) is 12.0. The third-order valence-corrected chi connectivity index (χ3v) is 5.48. The van der Waals surface area contributed by atoms with Crippen molar-refractivity contribution < 1.29 is 38.1 Å². The van der Waals surface area contributed by atoms with Gasteiger partial charge in [0.15, 0.2) is 12.2 Å². The van der Waals surface area contributed by atoms with Gasteiger partial charge in [-0.05, 0) is 25.7 Å². The Morgan fingerprint density at radius 3 is 1.82 bits per heavy atom. The van der Waals surface area contributed by atoms with Crippen molar-refractivity contribution >= 4 is 23.9 Å². The van der Waals surface area contributed by atoms with E-state index < -0.39 is 54.2 Å². The van der Waals surface area contributed by atoms with Gasteiger partial charge in [0, 0.05) is 26.2 Å². The molecule has 1 saturated carbocycles. The molecular formula is C25H38O8. The summed E-state index contributed by atoms with van der Waals surface area (Å²) in [7, 11) is 0. The zero-order valence-electron chi connectivity index (χ0n) is 20.3. The molecule has 186 valence electrons. The molecule has 0 aromatic rings. The summed E-state index contributed by atoms with van der Waals surface area (Å²) in [6.45, 7) is 7.09. The van der Waals surface area contributed by atoms with Crippen molar-refractivity contribution in [2.75, 3.05) is 0 Å². The van der Waals surface area contributed by atoms with Crippen molar-refractivity contribution in [1.82, 2.24) is 0 Å². The Bertz CT molecular complexity index is 695. The van der Waals surface area contributed by atoms with Crippen LogP contribution in [0.15, 0.2) is 0 Å². The number of ether oxygens (including phenoxy) is 4. The van der Waals surface area contributed by atoms with E-state index in [4.69, 9.17) is 25.4 Å². The molecule has 1 unspecified atom stereocenters. The quantitative estimate of drug-likeness (QED) is 0.216. The molecule has 1 fully saturated rings. The van der Waals surface area contributed by atoms with Crippen LogP contribution in [0.25, 0.3) is 0 Å². The van der Waals surface area contributed by atoms with Crippen LogP contribution in [0.3, 0.4) is 0 Å². The van der Waals surface area contributed by atoms with Crippen LogP contribution in [0.1, 0.15) is 91.9 Å². The second kappa shape index (κ2) is 15.3. The molecule has 0 N–H and O–H groups in total. The topological polar surface area (TPSA) is 105 Å². The van der Waals surface area contributed by atoms with Crippen molar-refractivity contribution in [2.45, 2.75) is 116 Å². The first kappa shape index (κ1) is 28.5. The molecule has 5 atom stereocenters. The number of unbranched alkanes of at least 4 members (excludes halogenated alkanes) is 3. The van der Waals surface area contributed by atoms with Gasteiger partial charge in [0.1, 0.15) is 12.2 Å².